The molecule has 1 aliphatic heterocycles. The van der Waals surface area contributed by atoms with Crippen LogP contribution in [0.4, 0.5) is 0 Å². The summed E-state index contributed by atoms with van der Waals surface area (Å²) in [6.45, 7) is 2.85. The third-order valence-corrected chi connectivity index (χ3v) is 3.69. The maximum Gasteiger partial charge on any atom is 0.304 e. The fourth-order valence-electron chi connectivity index (χ4n) is 2.55. The summed E-state index contributed by atoms with van der Waals surface area (Å²) in [7, 11) is 0. The molecule has 2 aromatic carbocycles. The monoisotopic (exact) mass is 265 g/mol. The van der Waals surface area contributed by atoms with Crippen LogP contribution in [-0.4, -0.2) is 22.8 Å². The summed E-state index contributed by atoms with van der Waals surface area (Å²) < 4.78 is 1.94. The van der Waals surface area contributed by atoms with Crippen LogP contribution in [0.2, 0.25) is 0 Å². The highest BCUT2D eigenvalue weighted by Gasteiger charge is 2.24. The molecule has 0 spiro atoms. The first kappa shape index (κ1) is 12.6. The van der Waals surface area contributed by atoms with Crippen molar-refractivity contribution >= 4 is 11.6 Å². The van der Waals surface area contributed by atoms with Crippen molar-refractivity contribution in [2.24, 2.45) is 0 Å². The number of benzene rings is 2. The summed E-state index contributed by atoms with van der Waals surface area (Å²) in [6.07, 6.45) is 0.947. The zero-order chi connectivity index (χ0) is 13.9. The first-order chi connectivity index (χ1) is 9.75. The minimum atomic E-state index is -0.0654. The Bertz CT molecular complexity index is 674. The number of nitrogens with zero attached hydrogens (tertiary/aromatic N) is 1. The lowest BCUT2D eigenvalue weighted by Crippen LogP contribution is -2.41. The van der Waals surface area contributed by atoms with Gasteiger partial charge in [0.15, 0.2) is 6.54 Å². The lowest BCUT2D eigenvalue weighted by atomic mass is 9.98. The number of nitrogens with one attached hydrogen (secondary N) is 1. The third kappa shape index (κ3) is 2.35. The quantitative estimate of drug-likeness (QED) is 0.831. The molecule has 0 bridgehead atoms. The number of carbonyl (C=O) groups excluding carboxylic acids is 1. The molecule has 1 heterocycles. The van der Waals surface area contributed by atoms with Gasteiger partial charge < -0.3 is 0 Å². The number of rotatable bonds is 2. The number of hydrogen-bond acceptors (Lipinski definition) is 1. The van der Waals surface area contributed by atoms with Crippen molar-refractivity contribution in [2.75, 3.05) is 6.54 Å². The smallest absolute Gasteiger partial charge is 0.264 e. The zero-order valence-electron chi connectivity index (χ0n) is 11.5. The van der Waals surface area contributed by atoms with Gasteiger partial charge in [0.2, 0.25) is 5.71 Å². The average molecular weight is 265 g/mol. The summed E-state index contributed by atoms with van der Waals surface area (Å²) in [6, 6.07) is 17.6. The number of fused-ring (bicyclic) bond motifs is 1. The van der Waals surface area contributed by atoms with Gasteiger partial charge >= 0.3 is 5.91 Å². The van der Waals surface area contributed by atoms with Crippen molar-refractivity contribution in [1.82, 2.24) is 5.43 Å². The molecule has 0 saturated heterocycles. The van der Waals surface area contributed by atoms with Crippen LogP contribution in [0.15, 0.2) is 54.6 Å². The van der Waals surface area contributed by atoms with Crippen molar-refractivity contribution in [3.05, 3.63) is 71.3 Å². The summed E-state index contributed by atoms with van der Waals surface area (Å²) in [5.74, 6) is -0.0654. The molecule has 0 unspecified atom stereocenters. The normalized spacial score (nSPS) is 13.8. The average Bonchev–Trinajstić information content (AvgIpc) is 2.51. The molecular formula is C17H17N2O+. The molecular weight excluding hydrogens is 248 g/mol. The number of hydrogen-bond donors (Lipinski definition) is 1. The van der Waals surface area contributed by atoms with Crippen molar-refractivity contribution in [3.8, 4) is 0 Å². The molecule has 0 fully saturated rings. The molecule has 3 heteroatoms. The molecule has 20 heavy (non-hydrogen) atoms. The van der Waals surface area contributed by atoms with Gasteiger partial charge in [-0.2, -0.15) is 0 Å². The van der Waals surface area contributed by atoms with Gasteiger partial charge in [0.05, 0.1) is 0 Å². The second kappa shape index (κ2) is 5.29. The standard InChI is InChI=1S/C17H16N2O/c1-13-16-10-6-5-7-14(16)11-12-19(13)18-17(20)15-8-3-2-4-9-15/h2-10H,11-12H2,1H3/p+1. The van der Waals surface area contributed by atoms with Crippen LogP contribution >= 0.6 is 0 Å². The van der Waals surface area contributed by atoms with E-state index in [0.717, 1.165) is 18.7 Å². The Kier molecular flexibility index (Phi) is 3.33. The summed E-state index contributed by atoms with van der Waals surface area (Å²) in [5, 5.41) is 0. The maximum absolute atomic E-state index is 12.2. The lowest BCUT2D eigenvalue weighted by Gasteiger charge is -2.15. The van der Waals surface area contributed by atoms with E-state index >= 15 is 0 Å². The molecule has 0 radical (unpaired) electrons. The van der Waals surface area contributed by atoms with E-state index in [-0.39, 0.29) is 5.91 Å². The van der Waals surface area contributed by atoms with Crippen LogP contribution in [0.3, 0.4) is 0 Å². The second-order valence-electron chi connectivity index (χ2n) is 4.95. The Labute approximate surface area is 118 Å². The predicted molar refractivity (Wildman–Crippen MR) is 79.0 cm³/mol. The van der Waals surface area contributed by atoms with Gasteiger partial charge in [0.1, 0.15) is 0 Å². The van der Waals surface area contributed by atoms with Crippen LogP contribution in [-0.2, 0) is 6.42 Å². The highest BCUT2D eigenvalue weighted by atomic mass is 16.2. The van der Waals surface area contributed by atoms with Crippen LogP contribution in [0.5, 0.6) is 0 Å². The molecule has 1 N–H and O–H groups in total. The molecule has 1 amide bonds. The van der Waals surface area contributed by atoms with Crippen molar-refractivity contribution < 1.29 is 9.48 Å². The van der Waals surface area contributed by atoms with Crippen molar-refractivity contribution in [2.45, 2.75) is 13.3 Å². The Hall–Kier alpha value is -2.42. The van der Waals surface area contributed by atoms with Gasteiger partial charge in [-0.1, -0.05) is 36.4 Å². The van der Waals surface area contributed by atoms with Gasteiger partial charge in [0, 0.05) is 24.5 Å². The van der Waals surface area contributed by atoms with Crippen molar-refractivity contribution in [3.63, 3.8) is 0 Å². The van der Waals surface area contributed by atoms with E-state index in [1.807, 2.05) is 48.0 Å². The molecule has 0 saturated carbocycles. The minimum Gasteiger partial charge on any atom is -0.264 e. The number of carbonyl (C=O) groups is 1. The predicted octanol–water partition coefficient (Wildman–Crippen LogP) is 2.41. The summed E-state index contributed by atoms with van der Waals surface area (Å²) in [4.78, 5) is 12.2. The lowest BCUT2D eigenvalue weighted by molar-refractivity contribution is -0.573. The van der Waals surface area contributed by atoms with Crippen LogP contribution in [0, 0.1) is 0 Å². The first-order valence-electron chi connectivity index (χ1n) is 6.81. The topological polar surface area (TPSA) is 32.1 Å². The highest BCUT2D eigenvalue weighted by Crippen LogP contribution is 2.14. The van der Waals surface area contributed by atoms with Gasteiger partial charge in [-0.3, -0.25) is 4.79 Å². The molecule has 0 aromatic heterocycles. The molecule has 100 valence electrons. The van der Waals surface area contributed by atoms with Gasteiger partial charge in [-0.05, 0) is 23.8 Å². The fraction of sp³-hybridized carbons (Fsp3) is 0.176. The largest absolute Gasteiger partial charge is 0.304 e. The van der Waals surface area contributed by atoms with E-state index in [4.69, 9.17) is 0 Å². The Morgan fingerprint density at radius 2 is 1.75 bits per heavy atom. The van der Waals surface area contributed by atoms with E-state index in [9.17, 15) is 4.79 Å². The molecule has 3 rings (SSSR count). The van der Waals surface area contributed by atoms with E-state index in [1.54, 1.807) is 0 Å². The minimum absolute atomic E-state index is 0.0654. The third-order valence-electron chi connectivity index (χ3n) is 3.69. The number of amides is 1. The van der Waals surface area contributed by atoms with E-state index in [2.05, 4.69) is 23.6 Å². The molecule has 3 nitrogen and oxygen atoms in total. The second-order valence-corrected chi connectivity index (χ2v) is 4.95. The van der Waals surface area contributed by atoms with Gasteiger partial charge in [-0.15, -0.1) is 10.1 Å². The van der Waals surface area contributed by atoms with Crippen LogP contribution < -0.4 is 5.43 Å². The Morgan fingerprint density at radius 1 is 1.05 bits per heavy atom. The maximum atomic E-state index is 12.2. The summed E-state index contributed by atoms with van der Waals surface area (Å²) in [5.41, 5.74) is 7.31. The Morgan fingerprint density at radius 3 is 2.55 bits per heavy atom. The zero-order valence-corrected chi connectivity index (χ0v) is 11.5. The Balaban J connectivity index is 1.87. The van der Waals surface area contributed by atoms with Crippen LogP contribution in [0.25, 0.3) is 0 Å². The van der Waals surface area contributed by atoms with Crippen LogP contribution in [0.1, 0.15) is 28.4 Å². The summed E-state index contributed by atoms with van der Waals surface area (Å²) >= 11 is 0. The van der Waals surface area contributed by atoms with E-state index in [1.165, 1.54) is 11.1 Å². The number of hydrazone groups is 1. The van der Waals surface area contributed by atoms with E-state index in [0.29, 0.717) is 5.56 Å². The molecule has 0 atom stereocenters. The van der Waals surface area contributed by atoms with Crippen molar-refractivity contribution in [1.29, 1.82) is 0 Å². The molecule has 0 aliphatic carbocycles. The number of hydrazine groups is 1. The first-order valence-corrected chi connectivity index (χ1v) is 6.81. The molecule has 2 aromatic rings. The van der Waals surface area contributed by atoms with Gasteiger partial charge in [0.25, 0.3) is 0 Å². The highest BCUT2D eigenvalue weighted by molar-refractivity contribution is 5.98. The SMILES string of the molecule is CC1=[N+](NC(=O)c2ccccc2)CCc2ccccc21. The van der Waals surface area contributed by atoms with Gasteiger partial charge in [-0.25, -0.2) is 0 Å². The molecule has 1 aliphatic rings. The fourth-order valence-corrected chi connectivity index (χ4v) is 2.55. The van der Waals surface area contributed by atoms with E-state index < -0.39 is 0 Å².